The van der Waals surface area contributed by atoms with Crippen LogP contribution in [-0.4, -0.2) is 43.8 Å². The average Bonchev–Trinajstić information content (AvgIpc) is 2.71. The molecule has 114 valence electrons. The molecule has 0 bridgehead atoms. The zero-order valence-electron chi connectivity index (χ0n) is 11.2. The highest BCUT2D eigenvalue weighted by Crippen LogP contribution is 2.33. The molecule has 0 atom stereocenters. The summed E-state index contributed by atoms with van der Waals surface area (Å²) in [5.74, 6) is -2.51. The van der Waals surface area contributed by atoms with E-state index in [9.17, 15) is 14.4 Å². The highest BCUT2D eigenvalue weighted by atomic mass is 32.2. The fourth-order valence-electron chi connectivity index (χ4n) is 1.86. The molecule has 0 aliphatic carbocycles. The van der Waals surface area contributed by atoms with Crippen LogP contribution in [0.25, 0.3) is 6.08 Å². The SMILES string of the molecule is O=C(O)CCN1C(=O)C(=Cc2ccccc2C(=O)O)SC1=S. The second-order valence-electron chi connectivity index (χ2n) is 4.37. The van der Waals surface area contributed by atoms with E-state index in [-0.39, 0.29) is 27.8 Å². The molecule has 22 heavy (non-hydrogen) atoms. The zero-order valence-corrected chi connectivity index (χ0v) is 12.8. The van der Waals surface area contributed by atoms with Crippen LogP contribution in [-0.2, 0) is 9.59 Å². The lowest BCUT2D eigenvalue weighted by Crippen LogP contribution is -2.30. The first-order valence-corrected chi connectivity index (χ1v) is 7.42. The summed E-state index contributed by atoms with van der Waals surface area (Å²) in [6.45, 7) is -0.00207. The quantitative estimate of drug-likeness (QED) is 0.627. The van der Waals surface area contributed by atoms with Crippen molar-refractivity contribution < 1.29 is 24.6 Å². The third kappa shape index (κ3) is 3.52. The van der Waals surface area contributed by atoms with Gasteiger partial charge >= 0.3 is 11.9 Å². The molecule has 1 aromatic carbocycles. The van der Waals surface area contributed by atoms with Crippen molar-refractivity contribution in [3.8, 4) is 0 Å². The maximum atomic E-state index is 12.2. The van der Waals surface area contributed by atoms with Crippen LogP contribution in [0.15, 0.2) is 29.2 Å². The van der Waals surface area contributed by atoms with Gasteiger partial charge < -0.3 is 10.2 Å². The summed E-state index contributed by atoms with van der Waals surface area (Å²) in [5.41, 5.74) is 0.479. The van der Waals surface area contributed by atoms with Crippen molar-refractivity contribution in [2.24, 2.45) is 0 Å². The topological polar surface area (TPSA) is 94.9 Å². The van der Waals surface area contributed by atoms with Gasteiger partial charge in [-0.3, -0.25) is 14.5 Å². The van der Waals surface area contributed by atoms with Crippen molar-refractivity contribution in [2.75, 3.05) is 6.54 Å². The number of hydrogen-bond donors (Lipinski definition) is 2. The van der Waals surface area contributed by atoms with Crippen molar-refractivity contribution >= 4 is 52.2 Å². The number of thioether (sulfide) groups is 1. The lowest BCUT2D eigenvalue weighted by atomic mass is 10.1. The van der Waals surface area contributed by atoms with E-state index in [1.54, 1.807) is 18.2 Å². The Bertz CT molecular complexity index is 698. The van der Waals surface area contributed by atoms with E-state index in [0.29, 0.717) is 5.56 Å². The molecule has 1 amide bonds. The molecule has 1 heterocycles. The maximum Gasteiger partial charge on any atom is 0.336 e. The first-order chi connectivity index (χ1) is 10.4. The fourth-order valence-corrected chi connectivity index (χ4v) is 3.16. The summed E-state index contributed by atoms with van der Waals surface area (Å²) in [5, 5.41) is 17.8. The summed E-state index contributed by atoms with van der Waals surface area (Å²) in [4.78, 5) is 35.5. The number of carbonyl (C=O) groups excluding carboxylic acids is 1. The van der Waals surface area contributed by atoms with E-state index in [0.717, 1.165) is 11.8 Å². The largest absolute Gasteiger partial charge is 0.481 e. The van der Waals surface area contributed by atoms with Crippen molar-refractivity contribution in [1.82, 2.24) is 4.90 Å². The Labute approximate surface area is 135 Å². The number of aliphatic carboxylic acids is 1. The molecule has 1 aliphatic rings. The van der Waals surface area contributed by atoms with Gasteiger partial charge in [-0.15, -0.1) is 0 Å². The minimum Gasteiger partial charge on any atom is -0.481 e. The van der Waals surface area contributed by atoms with Crippen LogP contribution in [0, 0.1) is 0 Å². The van der Waals surface area contributed by atoms with Gasteiger partial charge in [-0.05, 0) is 17.7 Å². The normalized spacial score (nSPS) is 16.4. The molecule has 2 rings (SSSR count). The molecular weight excluding hydrogens is 326 g/mol. The van der Waals surface area contributed by atoms with E-state index in [1.165, 1.54) is 17.0 Å². The van der Waals surface area contributed by atoms with Gasteiger partial charge in [0.05, 0.1) is 16.9 Å². The number of carboxylic acids is 2. The number of nitrogens with zero attached hydrogens (tertiary/aromatic N) is 1. The highest BCUT2D eigenvalue weighted by Gasteiger charge is 2.32. The standard InChI is InChI=1S/C14H11NO5S2/c16-11(17)5-6-15-12(18)10(22-14(15)21)7-8-3-1-2-4-9(8)13(19)20/h1-4,7H,5-6H2,(H,16,17)(H,19,20). The van der Waals surface area contributed by atoms with Crippen LogP contribution in [0.2, 0.25) is 0 Å². The number of hydrogen-bond acceptors (Lipinski definition) is 5. The second-order valence-corrected chi connectivity index (χ2v) is 6.05. The number of rotatable bonds is 5. The number of thiocarbonyl (C=S) groups is 1. The molecule has 0 aromatic heterocycles. The van der Waals surface area contributed by atoms with Gasteiger partial charge in [0.15, 0.2) is 0 Å². The van der Waals surface area contributed by atoms with E-state index >= 15 is 0 Å². The van der Waals surface area contributed by atoms with Crippen LogP contribution in [0.1, 0.15) is 22.3 Å². The van der Waals surface area contributed by atoms with Gasteiger partial charge in [-0.2, -0.15) is 0 Å². The van der Waals surface area contributed by atoms with Crippen molar-refractivity contribution in [1.29, 1.82) is 0 Å². The Morgan fingerprint density at radius 2 is 1.95 bits per heavy atom. The molecule has 0 unspecified atom stereocenters. The molecule has 0 spiro atoms. The van der Waals surface area contributed by atoms with E-state index in [4.69, 9.17) is 22.4 Å². The molecule has 6 nitrogen and oxygen atoms in total. The third-order valence-electron chi connectivity index (χ3n) is 2.90. The Hall–Kier alpha value is -2.19. The van der Waals surface area contributed by atoms with Crippen molar-refractivity contribution in [3.63, 3.8) is 0 Å². The molecule has 1 aromatic rings. The molecule has 2 N–H and O–H groups in total. The first-order valence-electron chi connectivity index (χ1n) is 6.19. The Morgan fingerprint density at radius 3 is 2.59 bits per heavy atom. The summed E-state index contributed by atoms with van der Waals surface area (Å²) in [7, 11) is 0. The van der Waals surface area contributed by atoms with Crippen LogP contribution in [0.4, 0.5) is 0 Å². The molecule has 8 heteroatoms. The Kier molecular flexibility index (Phi) is 4.94. The summed E-state index contributed by atoms with van der Waals surface area (Å²) >= 11 is 6.10. The van der Waals surface area contributed by atoms with E-state index in [2.05, 4.69) is 0 Å². The van der Waals surface area contributed by atoms with Gasteiger partial charge in [0.25, 0.3) is 5.91 Å². The predicted octanol–water partition coefficient (Wildman–Crippen LogP) is 2.06. The summed E-state index contributed by atoms with van der Waals surface area (Å²) in [6, 6.07) is 6.30. The van der Waals surface area contributed by atoms with Gasteiger partial charge in [0, 0.05) is 6.54 Å². The fraction of sp³-hybridized carbons (Fsp3) is 0.143. The van der Waals surface area contributed by atoms with E-state index in [1.807, 2.05) is 0 Å². The molecule has 0 saturated carbocycles. The average molecular weight is 337 g/mol. The number of aromatic carboxylic acids is 1. The van der Waals surface area contributed by atoms with Gasteiger partial charge in [-0.1, -0.05) is 42.2 Å². The van der Waals surface area contributed by atoms with Gasteiger partial charge in [0.1, 0.15) is 4.32 Å². The number of benzene rings is 1. The minimum atomic E-state index is -1.09. The van der Waals surface area contributed by atoms with Crippen LogP contribution < -0.4 is 0 Å². The first kappa shape index (κ1) is 16.2. The monoisotopic (exact) mass is 337 g/mol. The van der Waals surface area contributed by atoms with Crippen molar-refractivity contribution in [3.05, 3.63) is 40.3 Å². The molecule has 1 aliphatic heterocycles. The molecule has 1 fully saturated rings. The zero-order chi connectivity index (χ0) is 16.3. The molecule has 0 radical (unpaired) electrons. The number of carbonyl (C=O) groups is 3. The molecular formula is C14H11NO5S2. The minimum absolute atomic E-state index is 0.00207. The van der Waals surface area contributed by atoms with Crippen LogP contribution in [0.5, 0.6) is 0 Å². The lowest BCUT2D eigenvalue weighted by Gasteiger charge is -2.12. The van der Waals surface area contributed by atoms with E-state index < -0.39 is 17.8 Å². The Balaban J connectivity index is 2.27. The number of carboxylic acid groups (broad SMARTS) is 2. The number of amides is 1. The second kappa shape index (κ2) is 6.71. The van der Waals surface area contributed by atoms with Crippen LogP contribution in [0.3, 0.4) is 0 Å². The maximum absolute atomic E-state index is 12.2. The predicted molar refractivity (Wildman–Crippen MR) is 85.5 cm³/mol. The van der Waals surface area contributed by atoms with Crippen LogP contribution >= 0.6 is 24.0 Å². The van der Waals surface area contributed by atoms with Gasteiger partial charge in [0.2, 0.25) is 0 Å². The molecule has 1 saturated heterocycles. The highest BCUT2D eigenvalue weighted by molar-refractivity contribution is 8.26. The summed E-state index contributed by atoms with van der Waals surface area (Å²) < 4.78 is 0.269. The van der Waals surface area contributed by atoms with Gasteiger partial charge in [-0.25, -0.2) is 4.79 Å². The smallest absolute Gasteiger partial charge is 0.336 e. The third-order valence-corrected chi connectivity index (χ3v) is 4.28. The van der Waals surface area contributed by atoms with Crippen molar-refractivity contribution in [2.45, 2.75) is 6.42 Å². The summed E-state index contributed by atoms with van der Waals surface area (Å²) in [6.07, 6.45) is 1.26. The Morgan fingerprint density at radius 1 is 1.27 bits per heavy atom. The lowest BCUT2D eigenvalue weighted by molar-refractivity contribution is -0.137.